The Hall–Kier alpha value is -0.720. The molecule has 1 aromatic heterocycles. The maximum absolute atomic E-state index is 5.06. The zero-order chi connectivity index (χ0) is 11.0. The molecule has 0 aromatic carbocycles. The molecule has 0 saturated heterocycles. The van der Waals surface area contributed by atoms with Crippen LogP contribution in [-0.4, -0.2) is 30.5 Å². The molecule has 0 amide bonds. The van der Waals surface area contributed by atoms with Gasteiger partial charge in [0, 0.05) is 19.2 Å². The maximum Gasteiger partial charge on any atom is 0.194 e. The van der Waals surface area contributed by atoms with Gasteiger partial charge in [-0.1, -0.05) is 0 Å². The van der Waals surface area contributed by atoms with Crippen molar-refractivity contribution in [3.63, 3.8) is 0 Å². The van der Waals surface area contributed by atoms with Gasteiger partial charge in [-0.15, -0.1) is 24.0 Å². The topological polar surface area (TPSA) is 40.8 Å². The highest BCUT2D eigenvalue weighted by Crippen LogP contribution is 2.33. The predicted octanol–water partition coefficient (Wildman–Crippen LogP) is 2.07. The molecule has 1 atom stereocenters. The summed E-state index contributed by atoms with van der Waals surface area (Å²) >= 11 is 0. The van der Waals surface area contributed by atoms with Crippen molar-refractivity contribution in [3.05, 3.63) is 24.2 Å². The number of furan rings is 1. The summed E-state index contributed by atoms with van der Waals surface area (Å²) in [5, 5.41) is 3.51. The standard InChI is InChI=1S/C12H17N3O.HI/c1-15(7-9-4-5-16-8-9)12-13-6-11(14-12)10-2-3-10;/h4-5,8,10-11H,2-3,6-7H2,1H3,(H,13,14);1H. The molecule has 4 nitrogen and oxygen atoms in total. The molecule has 1 saturated carbocycles. The first kappa shape index (κ1) is 12.7. The van der Waals surface area contributed by atoms with E-state index in [-0.39, 0.29) is 24.0 Å². The smallest absolute Gasteiger partial charge is 0.194 e. The molecule has 1 N–H and O–H groups in total. The van der Waals surface area contributed by atoms with E-state index in [0.29, 0.717) is 6.04 Å². The molecule has 17 heavy (non-hydrogen) atoms. The monoisotopic (exact) mass is 347 g/mol. The molecule has 1 aromatic rings. The lowest BCUT2D eigenvalue weighted by atomic mass is 10.2. The third kappa shape index (κ3) is 2.94. The molecule has 1 fully saturated rings. The minimum Gasteiger partial charge on any atom is -0.472 e. The van der Waals surface area contributed by atoms with Crippen LogP contribution in [0, 0.1) is 5.92 Å². The summed E-state index contributed by atoms with van der Waals surface area (Å²) in [6.45, 7) is 1.79. The number of halogens is 1. The van der Waals surface area contributed by atoms with Gasteiger partial charge in [-0.25, -0.2) is 0 Å². The van der Waals surface area contributed by atoms with Crippen LogP contribution in [0.1, 0.15) is 18.4 Å². The first-order valence-corrected chi connectivity index (χ1v) is 5.86. The highest BCUT2D eigenvalue weighted by atomic mass is 127. The van der Waals surface area contributed by atoms with Gasteiger partial charge in [-0.3, -0.25) is 4.99 Å². The minimum atomic E-state index is 0. The lowest BCUT2D eigenvalue weighted by molar-refractivity contribution is 0.466. The zero-order valence-corrected chi connectivity index (χ0v) is 12.3. The fraction of sp³-hybridized carbons (Fsp3) is 0.583. The normalized spacial score (nSPS) is 22.6. The molecule has 0 spiro atoms. The van der Waals surface area contributed by atoms with Crippen molar-refractivity contribution < 1.29 is 4.42 Å². The summed E-state index contributed by atoms with van der Waals surface area (Å²) in [6.07, 6.45) is 6.22. The summed E-state index contributed by atoms with van der Waals surface area (Å²) in [6, 6.07) is 2.58. The third-order valence-corrected chi connectivity index (χ3v) is 3.30. The van der Waals surface area contributed by atoms with Crippen LogP contribution in [0.25, 0.3) is 0 Å². The number of hydrogen-bond acceptors (Lipinski definition) is 4. The molecule has 2 heterocycles. The average molecular weight is 347 g/mol. The van der Waals surface area contributed by atoms with Crippen molar-refractivity contribution in [2.75, 3.05) is 13.6 Å². The number of guanidine groups is 1. The van der Waals surface area contributed by atoms with Gasteiger partial charge in [0.15, 0.2) is 5.96 Å². The quantitative estimate of drug-likeness (QED) is 0.851. The second kappa shape index (κ2) is 5.29. The van der Waals surface area contributed by atoms with Crippen LogP contribution in [0.15, 0.2) is 28.0 Å². The van der Waals surface area contributed by atoms with Gasteiger partial charge in [0.1, 0.15) is 0 Å². The van der Waals surface area contributed by atoms with Crippen LogP contribution in [-0.2, 0) is 6.54 Å². The number of hydrogen-bond donors (Lipinski definition) is 1. The van der Waals surface area contributed by atoms with Gasteiger partial charge in [0.2, 0.25) is 0 Å². The van der Waals surface area contributed by atoms with E-state index >= 15 is 0 Å². The highest BCUT2D eigenvalue weighted by molar-refractivity contribution is 14.0. The molecular formula is C12H18IN3O. The predicted molar refractivity (Wildman–Crippen MR) is 77.5 cm³/mol. The summed E-state index contributed by atoms with van der Waals surface area (Å²) in [5.74, 6) is 1.89. The SMILES string of the molecule is CN(Cc1ccoc1)C1=NCC(C2CC2)N1.I. The van der Waals surface area contributed by atoms with E-state index in [1.807, 2.05) is 6.07 Å². The average Bonchev–Trinajstić information content (AvgIpc) is 2.82. The second-order valence-electron chi connectivity index (χ2n) is 4.74. The van der Waals surface area contributed by atoms with E-state index in [2.05, 4.69) is 22.3 Å². The van der Waals surface area contributed by atoms with E-state index in [4.69, 9.17) is 4.42 Å². The largest absolute Gasteiger partial charge is 0.472 e. The molecule has 3 rings (SSSR count). The van der Waals surface area contributed by atoms with E-state index in [1.54, 1.807) is 12.5 Å². The van der Waals surface area contributed by atoms with Crippen molar-refractivity contribution in [2.24, 2.45) is 10.9 Å². The molecule has 0 bridgehead atoms. The molecule has 94 valence electrons. The zero-order valence-electron chi connectivity index (χ0n) is 9.93. The van der Waals surface area contributed by atoms with E-state index < -0.39 is 0 Å². The molecular weight excluding hydrogens is 329 g/mol. The summed E-state index contributed by atoms with van der Waals surface area (Å²) in [5.41, 5.74) is 1.18. The van der Waals surface area contributed by atoms with Crippen molar-refractivity contribution >= 4 is 29.9 Å². The van der Waals surface area contributed by atoms with Crippen molar-refractivity contribution in [3.8, 4) is 0 Å². The number of rotatable bonds is 3. The Morgan fingerprint density at radius 3 is 3.00 bits per heavy atom. The molecule has 5 heteroatoms. The van der Waals surface area contributed by atoms with Gasteiger partial charge in [-0.2, -0.15) is 0 Å². The van der Waals surface area contributed by atoms with Crippen LogP contribution in [0.3, 0.4) is 0 Å². The number of nitrogens with one attached hydrogen (secondary N) is 1. The first-order valence-electron chi connectivity index (χ1n) is 5.86. The highest BCUT2D eigenvalue weighted by Gasteiger charge is 2.34. The van der Waals surface area contributed by atoms with Gasteiger partial charge >= 0.3 is 0 Å². The minimum absolute atomic E-state index is 0. The number of aliphatic imine (C=N–C) groups is 1. The lowest BCUT2D eigenvalue weighted by Gasteiger charge is -2.20. The van der Waals surface area contributed by atoms with Gasteiger partial charge in [0.05, 0.1) is 25.1 Å². The first-order chi connectivity index (χ1) is 7.83. The van der Waals surface area contributed by atoms with E-state index in [9.17, 15) is 0 Å². The Balaban J connectivity index is 0.00000108. The Morgan fingerprint density at radius 1 is 1.53 bits per heavy atom. The van der Waals surface area contributed by atoms with Crippen molar-refractivity contribution in [2.45, 2.75) is 25.4 Å². The Morgan fingerprint density at radius 2 is 2.35 bits per heavy atom. The Kier molecular flexibility index (Phi) is 3.96. The van der Waals surface area contributed by atoms with Crippen molar-refractivity contribution in [1.29, 1.82) is 0 Å². The Labute approximate surface area is 118 Å². The van der Waals surface area contributed by atoms with Crippen LogP contribution in [0.5, 0.6) is 0 Å². The number of nitrogens with zero attached hydrogens (tertiary/aromatic N) is 2. The third-order valence-electron chi connectivity index (χ3n) is 3.30. The lowest BCUT2D eigenvalue weighted by Crippen LogP contribution is -2.40. The van der Waals surface area contributed by atoms with Crippen LogP contribution < -0.4 is 5.32 Å². The molecule has 1 aliphatic carbocycles. The van der Waals surface area contributed by atoms with E-state index in [0.717, 1.165) is 25.0 Å². The molecule has 2 aliphatic rings. The van der Waals surface area contributed by atoms with Crippen LogP contribution >= 0.6 is 24.0 Å². The van der Waals surface area contributed by atoms with Crippen LogP contribution in [0.4, 0.5) is 0 Å². The molecule has 1 aliphatic heterocycles. The molecule has 0 radical (unpaired) electrons. The van der Waals surface area contributed by atoms with Crippen molar-refractivity contribution in [1.82, 2.24) is 10.2 Å². The fourth-order valence-electron chi connectivity index (χ4n) is 2.17. The maximum atomic E-state index is 5.06. The summed E-state index contributed by atoms with van der Waals surface area (Å²) in [4.78, 5) is 6.71. The Bertz CT molecular complexity index is 386. The second-order valence-corrected chi connectivity index (χ2v) is 4.74. The van der Waals surface area contributed by atoms with E-state index in [1.165, 1.54) is 18.4 Å². The van der Waals surface area contributed by atoms with Gasteiger partial charge < -0.3 is 14.6 Å². The summed E-state index contributed by atoms with van der Waals surface area (Å²) in [7, 11) is 2.06. The van der Waals surface area contributed by atoms with Gasteiger partial charge in [-0.05, 0) is 24.8 Å². The summed E-state index contributed by atoms with van der Waals surface area (Å²) < 4.78 is 5.06. The molecule has 1 unspecified atom stereocenters. The fourth-order valence-corrected chi connectivity index (χ4v) is 2.17. The van der Waals surface area contributed by atoms with Gasteiger partial charge in [0.25, 0.3) is 0 Å². The van der Waals surface area contributed by atoms with Crippen LogP contribution in [0.2, 0.25) is 0 Å².